The zero-order chi connectivity index (χ0) is 14.5. The first-order chi connectivity index (χ1) is 9.63. The molecule has 5 nitrogen and oxygen atoms in total. The number of rotatable bonds is 4. The number of carbonyl (C=O) groups excluding carboxylic acids is 1. The van der Waals surface area contributed by atoms with Gasteiger partial charge in [0.15, 0.2) is 0 Å². The van der Waals surface area contributed by atoms with Gasteiger partial charge in [-0.3, -0.25) is 4.79 Å². The van der Waals surface area contributed by atoms with Crippen LogP contribution in [0.5, 0.6) is 5.75 Å². The number of nitrogen functional groups attached to an aromatic ring is 1. The second-order valence-corrected chi connectivity index (χ2v) is 4.95. The van der Waals surface area contributed by atoms with Crippen LogP contribution < -0.4 is 10.5 Å². The Hall–Kier alpha value is -1.75. The van der Waals surface area contributed by atoms with E-state index < -0.39 is 0 Å². The van der Waals surface area contributed by atoms with Crippen LogP contribution in [0.25, 0.3) is 0 Å². The Kier molecular flexibility index (Phi) is 4.84. The van der Waals surface area contributed by atoms with Crippen molar-refractivity contribution in [3.63, 3.8) is 0 Å². The van der Waals surface area contributed by atoms with Crippen molar-refractivity contribution in [3.05, 3.63) is 23.8 Å². The molecule has 0 aromatic heterocycles. The van der Waals surface area contributed by atoms with Crippen LogP contribution >= 0.6 is 0 Å². The molecule has 1 aliphatic heterocycles. The quantitative estimate of drug-likeness (QED) is 0.846. The van der Waals surface area contributed by atoms with Gasteiger partial charge in [0.25, 0.3) is 5.91 Å². The molecule has 0 bridgehead atoms. The van der Waals surface area contributed by atoms with E-state index in [2.05, 4.69) is 11.8 Å². The van der Waals surface area contributed by atoms with E-state index in [0.29, 0.717) is 23.6 Å². The Labute approximate surface area is 120 Å². The lowest BCUT2D eigenvalue weighted by atomic mass is 10.1. The molecule has 1 saturated heterocycles. The van der Waals surface area contributed by atoms with Crippen molar-refractivity contribution in [2.24, 2.45) is 0 Å². The van der Waals surface area contributed by atoms with Gasteiger partial charge < -0.3 is 20.3 Å². The molecule has 20 heavy (non-hydrogen) atoms. The summed E-state index contributed by atoms with van der Waals surface area (Å²) in [6.07, 6.45) is 0. The number of hydrogen-bond acceptors (Lipinski definition) is 4. The number of piperazine rings is 1. The van der Waals surface area contributed by atoms with Gasteiger partial charge in [-0.15, -0.1) is 0 Å². The second kappa shape index (κ2) is 6.61. The fourth-order valence-electron chi connectivity index (χ4n) is 2.45. The molecule has 1 fully saturated rings. The summed E-state index contributed by atoms with van der Waals surface area (Å²) in [7, 11) is 0. The van der Waals surface area contributed by atoms with Crippen LogP contribution in [0.2, 0.25) is 0 Å². The predicted molar refractivity (Wildman–Crippen MR) is 80.0 cm³/mol. The smallest absolute Gasteiger partial charge is 0.254 e. The highest BCUT2D eigenvalue weighted by atomic mass is 16.5. The van der Waals surface area contributed by atoms with E-state index in [9.17, 15) is 4.79 Å². The number of ether oxygens (including phenoxy) is 1. The number of anilines is 1. The first-order valence-electron chi connectivity index (χ1n) is 7.19. The summed E-state index contributed by atoms with van der Waals surface area (Å²) in [5, 5.41) is 0. The highest BCUT2D eigenvalue weighted by Gasteiger charge is 2.21. The van der Waals surface area contributed by atoms with Crippen LogP contribution in [0.4, 0.5) is 5.69 Å². The van der Waals surface area contributed by atoms with E-state index in [-0.39, 0.29) is 5.91 Å². The minimum atomic E-state index is 0.0361. The van der Waals surface area contributed by atoms with Crippen LogP contribution in [0, 0.1) is 0 Å². The topological polar surface area (TPSA) is 58.8 Å². The maximum Gasteiger partial charge on any atom is 0.254 e. The molecule has 1 amide bonds. The van der Waals surface area contributed by atoms with Crippen molar-refractivity contribution < 1.29 is 9.53 Å². The third-order valence-electron chi connectivity index (χ3n) is 3.59. The van der Waals surface area contributed by atoms with Gasteiger partial charge in [0.1, 0.15) is 5.75 Å². The van der Waals surface area contributed by atoms with E-state index in [1.807, 2.05) is 11.8 Å². The molecule has 1 heterocycles. The van der Waals surface area contributed by atoms with E-state index >= 15 is 0 Å². The number of nitrogens with zero attached hydrogens (tertiary/aromatic N) is 2. The Bertz CT molecular complexity index is 468. The van der Waals surface area contributed by atoms with Crippen LogP contribution in [0.15, 0.2) is 18.2 Å². The molecule has 1 aromatic rings. The molecule has 2 N–H and O–H groups in total. The molecule has 0 unspecified atom stereocenters. The summed E-state index contributed by atoms with van der Waals surface area (Å²) in [6, 6.07) is 5.24. The summed E-state index contributed by atoms with van der Waals surface area (Å²) in [5.74, 6) is 0.692. The van der Waals surface area contributed by atoms with Crippen molar-refractivity contribution in [3.8, 4) is 5.75 Å². The predicted octanol–water partition coefficient (Wildman–Crippen LogP) is 1.45. The fourth-order valence-corrected chi connectivity index (χ4v) is 2.45. The number of nitrogens with two attached hydrogens (primary N) is 1. The zero-order valence-electron chi connectivity index (χ0n) is 12.3. The lowest BCUT2D eigenvalue weighted by molar-refractivity contribution is 0.0643. The van der Waals surface area contributed by atoms with Crippen LogP contribution in [-0.2, 0) is 0 Å². The van der Waals surface area contributed by atoms with E-state index in [4.69, 9.17) is 10.5 Å². The summed E-state index contributed by atoms with van der Waals surface area (Å²) in [5.41, 5.74) is 7.01. The van der Waals surface area contributed by atoms with Gasteiger partial charge in [-0.1, -0.05) is 6.92 Å². The Morgan fingerprint density at radius 2 is 1.90 bits per heavy atom. The SMILES string of the molecule is CCOc1cc(N)cc(C(=O)N2CCN(CC)CC2)c1. The molecule has 0 aliphatic carbocycles. The van der Waals surface area contributed by atoms with Crippen LogP contribution in [0.1, 0.15) is 24.2 Å². The largest absolute Gasteiger partial charge is 0.494 e. The first-order valence-corrected chi connectivity index (χ1v) is 7.19. The number of hydrogen-bond donors (Lipinski definition) is 1. The molecule has 2 rings (SSSR count). The third kappa shape index (κ3) is 3.42. The molecule has 1 aromatic carbocycles. The monoisotopic (exact) mass is 277 g/mol. The molecule has 0 radical (unpaired) electrons. The number of benzene rings is 1. The summed E-state index contributed by atoms with van der Waals surface area (Å²) in [4.78, 5) is 16.7. The summed E-state index contributed by atoms with van der Waals surface area (Å²) < 4.78 is 5.44. The maximum absolute atomic E-state index is 12.5. The number of amides is 1. The summed E-state index contributed by atoms with van der Waals surface area (Å²) in [6.45, 7) is 9.06. The maximum atomic E-state index is 12.5. The minimum absolute atomic E-state index is 0.0361. The number of carbonyl (C=O) groups is 1. The highest BCUT2D eigenvalue weighted by Crippen LogP contribution is 2.20. The molecule has 110 valence electrons. The van der Waals surface area contributed by atoms with Crippen molar-refractivity contribution in [2.75, 3.05) is 45.1 Å². The molecule has 0 spiro atoms. The van der Waals surface area contributed by atoms with E-state index in [0.717, 1.165) is 32.7 Å². The lowest BCUT2D eigenvalue weighted by Crippen LogP contribution is -2.48. The van der Waals surface area contributed by atoms with E-state index in [1.54, 1.807) is 18.2 Å². The molecule has 0 saturated carbocycles. The van der Waals surface area contributed by atoms with Gasteiger partial charge in [0.2, 0.25) is 0 Å². The molecule has 0 atom stereocenters. The number of likely N-dealkylation sites (N-methyl/N-ethyl adjacent to an activating group) is 1. The van der Waals surface area contributed by atoms with Gasteiger partial charge >= 0.3 is 0 Å². The zero-order valence-corrected chi connectivity index (χ0v) is 12.3. The first kappa shape index (κ1) is 14.7. The third-order valence-corrected chi connectivity index (χ3v) is 3.59. The van der Waals surface area contributed by atoms with Gasteiger partial charge in [-0.05, 0) is 25.6 Å². The summed E-state index contributed by atoms with van der Waals surface area (Å²) >= 11 is 0. The average molecular weight is 277 g/mol. The van der Waals surface area contributed by atoms with Gasteiger partial charge in [0, 0.05) is 43.5 Å². The second-order valence-electron chi connectivity index (χ2n) is 4.95. The van der Waals surface area contributed by atoms with Crippen LogP contribution in [-0.4, -0.2) is 55.0 Å². The van der Waals surface area contributed by atoms with Gasteiger partial charge in [-0.2, -0.15) is 0 Å². The standard InChI is InChI=1S/C15H23N3O2/c1-3-17-5-7-18(8-6-17)15(19)12-9-13(16)11-14(10-12)20-4-2/h9-11H,3-8,16H2,1-2H3. The average Bonchev–Trinajstić information content (AvgIpc) is 2.46. The van der Waals surface area contributed by atoms with Crippen molar-refractivity contribution in [1.29, 1.82) is 0 Å². The minimum Gasteiger partial charge on any atom is -0.494 e. The Balaban J connectivity index is 2.09. The normalized spacial score (nSPS) is 16.2. The molecular weight excluding hydrogens is 254 g/mol. The molecular formula is C15H23N3O2. The van der Waals surface area contributed by atoms with Crippen LogP contribution in [0.3, 0.4) is 0 Å². The molecule has 1 aliphatic rings. The highest BCUT2D eigenvalue weighted by molar-refractivity contribution is 5.95. The van der Waals surface area contributed by atoms with Gasteiger partial charge in [0.05, 0.1) is 6.61 Å². The van der Waals surface area contributed by atoms with Crippen molar-refractivity contribution in [2.45, 2.75) is 13.8 Å². The Morgan fingerprint density at radius 1 is 1.20 bits per heavy atom. The Morgan fingerprint density at radius 3 is 2.50 bits per heavy atom. The van der Waals surface area contributed by atoms with Crippen molar-refractivity contribution in [1.82, 2.24) is 9.80 Å². The van der Waals surface area contributed by atoms with E-state index in [1.165, 1.54) is 0 Å². The van der Waals surface area contributed by atoms with Gasteiger partial charge in [-0.25, -0.2) is 0 Å². The molecule has 5 heteroatoms. The van der Waals surface area contributed by atoms with Crippen molar-refractivity contribution >= 4 is 11.6 Å². The fraction of sp³-hybridized carbons (Fsp3) is 0.533. The lowest BCUT2D eigenvalue weighted by Gasteiger charge is -2.34.